The summed E-state index contributed by atoms with van der Waals surface area (Å²) in [5.41, 5.74) is 2.09. The SMILES string of the molecule is CCN(CC(=O)O)C1CC(NC(=O)NCc2ccccc2COC)C1. The fourth-order valence-corrected chi connectivity index (χ4v) is 3.11. The van der Waals surface area contributed by atoms with E-state index >= 15 is 0 Å². The summed E-state index contributed by atoms with van der Waals surface area (Å²) in [4.78, 5) is 24.8. The maximum Gasteiger partial charge on any atom is 0.317 e. The monoisotopic (exact) mass is 349 g/mol. The molecule has 25 heavy (non-hydrogen) atoms. The molecule has 0 heterocycles. The number of nitrogens with one attached hydrogen (secondary N) is 2. The van der Waals surface area contributed by atoms with Gasteiger partial charge >= 0.3 is 12.0 Å². The van der Waals surface area contributed by atoms with Crippen LogP contribution in [-0.4, -0.2) is 54.3 Å². The van der Waals surface area contributed by atoms with Gasteiger partial charge in [0, 0.05) is 25.7 Å². The molecule has 0 saturated heterocycles. The maximum absolute atomic E-state index is 12.1. The Morgan fingerprint density at radius 3 is 2.56 bits per heavy atom. The van der Waals surface area contributed by atoms with E-state index < -0.39 is 5.97 Å². The minimum atomic E-state index is -0.814. The number of rotatable bonds is 9. The lowest BCUT2D eigenvalue weighted by Gasteiger charge is -2.42. The van der Waals surface area contributed by atoms with Crippen molar-refractivity contribution in [3.63, 3.8) is 0 Å². The van der Waals surface area contributed by atoms with Gasteiger partial charge in [0.2, 0.25) is 0 Å². The van der Waals surface area contributed by atoms with Gasteiger partial charge in [0.15, 0.2) is 0 Å². The Bertz CT molecular complexity index is 587. The Morgan fingerprint density at radius 1 is 1.28 bits per heavy atom. The zero-order valence-electron chi connectivity index (χ0n) is 14.8. The molecule has 0 bridgehead atoms. The van der Waals surface area contributed by atoms with Crippen molar-refractivity contribution < 1.29 is 19.4 Å². The van der Waals surface area contributed by atoms with Crippen molar-refractivity contribution in [1.29, 1.82) is 0 Å². The summed E-state index contributed by atoms with van der Waals surface area (Å²) in [7, 11) is 1.65. The highest BCUT2D eigenvalue weighted by molar-refractivity contribution is 5.74. The van der Waals surface area contributed by atoms with Gasteiger partial charge < -0.3 is 20.5 Å². The van der Waals surface area contributed by atoms with Crippen LogP contribution in [0.15, 0.2) is 24.3 Å². The highest BCUT2D eigenvalue weighted by atomic mass is 16.5. The van der Waals surface area contributed by atoms with Gasteiger partial charge in [-0.15, -0.1) is 0 Å². The number of urea groups is 1. The zero-order chi connectivity index (χ0) is 18.2. The number of hydrogen-bond donors (Lipinski definition) is 3. The average Bonchev–Trinajstić information content (AvgIpc) is 2.55. The third-order valence-corrected chi connectivity index (χ3v) is 4.57. The van der Waals surface area contributed by atoms with Crippen LogP contribution >= 0.6 is 0 Å². The van der Waals surface area contributed by atoms with Crippen LogP contribution in [0, 0.1) is 0 Å². The molecule has 1 aromatic carbocycles. The van der Waals surface area contributed by atoms with Crippen molar-refractivity contribution in [2.75, 3.05) is 20.2 Å². The molecule has 1 fully saturated rings. The van der Waals surface area contributed by atoms with E-state index in [1.165, 1.54) is 0 Å². The second kappa shape index (κ2) is 9.39. The highest BCUT2D eigenvalue weighted by Gasteiger charge is 2.34. The number of aliphatic carboxylic acids is 1. The van der Waals surface area contributed by atoms with E-state index in [0.29, 0.717) is 19.7 Å². The topological polar surface area (TPSA) is 90.9 Å². The predicted octanol–water partition coefficient (Wildman–Crippen LogP) is 1.57. The number of nitrogens with zero attached hydrogens (tertiary/aromatic N) is 1. The van der Waals surface area contributed by atoms with Crippen molar-refractivity contribution in [3.8, 4) is 0 Å². The normalized spacial score (nSPS) is 19.3. The van der Waals surface area contributed by atoms with Crippen molar-refractivity contribution in [2.24, 2.45) is 0 Å². The minimum Gasteiger partial charge on any atom is -0.480 e. The molecule has 2 rings (SSSR count). The summed E-state index contributed by atoms with van der Waals surface area (Å²) in [6.07, 6.45) is 1.57. The Morgan fingerprint density at radius 2 is 1.96 bits per heavy atom. The minimum absolute atomic E-state index is 0.0520. The molecule has 1 aromatic rings. The smallest absolute Gasteiger partial charge is 0.317 e. The number of amides is 2. The Hall–Kier alpha value is -2.12. The molecule has 0 aromatic heterocycles. The van der Waals surface area contributed by atoms with E-state index in [-0.39, 0.29) is 24.7 Å². The molecule has 7 heteroatoms. The number of methoxy groups -OCH3 is 1. The average molecular weight is 349 g/mol. The van der Waals surface area contributed by atoms with Crippen LogP contribution in [0.25, 0.3) is 0 Å². The molecular weight excluding hydrogens is 322 g/mol. The van der Waals surface area contributed by atoms with Gasteiger partial charge in [0.1, 0.15) is 0 Å². The van der Waals surface area contributed by atoms with Crippen molar-refractivity contribution in [3.05, 3.63) is 35.4 Å². The summed E-state index contributed by atoms with van der Waals surface area (Å²) in [5, 5.41) is 14.7. The summed E-state index contributed by atoms with van der Waals surface area (Å²) in [6.45, 7) is 3.66. The predicted molar refractivity (Wildman–Crippen MR) is 94.2 cm³/mol. The van der Waals surface area contributed by atoms with Gasteiger partial charge in [-0.05, 0) is 30.5 Å². The lowest BCUT2D eigenvalue weighted by Crippen LogP contribution is -2.56. The second-order valence-electron chi connectivity index (χ2n) is 6.31. The van der Waals surface area contributed by atoms with Gasteiger partial charge in [-0.3, -0.25) is 9.69 Å². The molecule has 1 saturated carbocycles. The Labute approximate surface area is 148 Å². The van der Waals surface area contributed by atoms with Crippen LogP contribution in [0.2, 0.25) is 0 Å². The largest absolute Gasteiger partial charge is 0.480 e. The van der Waals surface area contributed by atoms with Gasteiger partial charge in [-0.2, -0.15) is 0 Å². The first kappa shape index (κ1) is 19.2. The zero-order valence-corrected chi connectivity index (χ0v) is 14.8. The van der Waals surface area contributed by atoms with Gasteiger partial charge in [0.05, 0.1) is 13.2 Å². The van der Waals surface area contributed by atoms with E-state index in [0.717, 1.165) is 24.0 Å². The first-order valence-electron chi connectivity index (χ1n) is 8.59. The summed E-state index contributed by atoms with van der Waals surface area (Å²) in [6, 6.07) is 7.97. The van der Waals surface area contributed by atoms with Crippen molar-refractivity contribution >= 4 is 12.0 Å². The molecule has 0 unspecified atom stereocenters. The molecular formula is C18H27N3O4. The number of carbonyl (C=O) groups excluding carboxylic acids is 1. The highest BCUT2D eigenvalue weighted by Crippen LogP contribution is 2.25. The standard InChI is InChI=1S/C18H27N3O4/c1-3-21(11-17(22)23)16-8-15(9-16)20-18(24)19-10-13-6-4-5-7-14(13)12-25-2/h4-7,15-16H,3,8-12H2,1-2H3,(H,22,23)(H2,19,20,24). The van der Waals surface area contributed by atoms with Crippen LogP contribution < -0.4 is 10.6 Å². The molecule has 138 valence electrons. The molecule has 0 aliphatic heterocycles. The summed E-state index contributed by atoms with van der Waals surface area (Å²) in [5.74, 6) is -0.814. The first-order chi connectivity index (χ1) is 12.0. The Balaban J connectivity index is 1.73. The number of carboxylic acids is 1. The molecule has 0 spiro atoms. The third kappa shape index (κ3) is 5.72. The molecule has 0 atom stereocenters. The van der Waals surface area contributed by atoms with E-state index in [2.05, 4.69) is 10.6 Å². The van der Waals surface area contributed by atoms with Gasteiger partial charge in [-0.25, -0.2) is 4.79 Å². The maximum atomic E-state index is 12.1. The lowest BCUT2D eigenvalue weighted by molar-refractivity contribution is -0.139. The third-order valence-electron chi connectivity index (χ3n) is 4.57. The molecule has 3 N–H and O–H groups in total. The van der Waals surface area contributed by atoms with Crippen LogP contribution in [0.3, 0.4) is 0 Å². The van der Waals surface area contributed by atoms with Crippen LogP contribution in [0.5, 0.6) is 0 Å². The van der Waals surface area contributed by atoms with Crippen molar-refractivity contribution in [1.82, 2.24) is 15.5 Å². The lowest BCUT2D eigenvalue weighted by atomic mass is 9.85. The fraction of sp³-hybridized carbons (Fsp3) is 0.556. The number of likely N-dealkylation sites (N-methyl/N-ethyl adjacent to an activating group) is 1. The number of carboxylic acid groups (broad SMARTS) is 1. The van der Waals surface area contributed by atoms with E-state index in [4.69, 9.17) is 9.84 Å². The van der Waals surface area contributed by atoms with E-state index in [1.807, 2.05) is 36.1 Å². The molecule has 7 nitrogen and oxygen atoms in total. The fourth-order valence-electron chi connectivity index (χ4n) is 3.11. The number of benzene rings is 1. The molecule has 0 radical (unpaired) electrons. The van der Waals surface area contributed by atoms with E-state index in [1.54, 1.807) is 7.11 Å². The quantitative estimate of drug-likeness (QED) is 0.629. The number of ether oxygens (including phenoxy) is 1. The summed E-state index contributed by atoms with van der Waals surface area (Å²) < 4.78 is 5.16. The number of hydrogen-bond acceptors (Lipinski definition) is 4. The van der Waals surface area contributed by atoms with Gasteiger partial charge in [-0.1, -0.05) is 31.2 Å². The van der Waals surface area contributed by atoms with E-state index in [9.17, 15) is 9.59 Å². The van der Waals surface area contributed by atoms with Crippen LogP contribution in [0.1, 0.15) is 30.9 Å². The Kier molecular flexibility index (Phi) is 7.21. The molecule has 1 aliphatic carbocycles. The molecule has 1 aliphatic rings. The van der Waals surface area contributed by atoms with Crippen LogP contribution in [0.4, 0.5) is 4.79 Å². The second-order valence-corrected chi connectivity index (χ2v) is 6.31. The summed E-state index contributed by atoms with van der Waals surface area (Å²) >= 11 is 0. The number of carbonyl (C=O) groups is 2. The van der Waals surface area contributed by atoms with Gasteiger partial charge in [0.25, 0.3) is 0 Å². The first-order valence-corrected chi connectivity index (χ1v) is 8.59. The molecule has 2 amide bonds. The van der Waals surface area contributed by atoms with Crippen molar-refractivity contribution in [2.45, 2.75) is 45.0 Å². The van der Waals surface area contributed by atoms with Crippen LogP contribution in [-0.2, 0) is 22.7 Å².